The summed E-state index contributed by atoms with van der Waals surface area (Å²) < 4.78 is 2.25. The molecule has 2 rings (SSSR count). The van der Waals surface area contributed by atoms with Crippen LogP contribution in [0.2, 0.25) is 0 Å². The van der Waals surface area contributed by atoms with Crippen molar-refractivity contribution in [2.75, 3.05) is 0 Å². The van der Waals surface area contributed by atoms with E-state index in [1.165, 1.54) is 5.56 Å². The molecular formula is C17H24N4S. The summed E-state index contributed by atoms with van der Waals surface area (Å²) in [4.78, 5) is 0. The molecule has 5 heteroatoms. The monoisotopic (exact) mass is 316 g/mol. The average molecular weight is 316 g/mol. The van der Waals surface area contributed by atoms with Crippen molar-refractivity contribution in [1.29, 1.82) is 0 Å². The van der Waals surface area contributed by atoms with Crippen LogP contribution in [0.3, 0.4) is 0 Å². The summed E-state index contributed by atoms with van der Waals surface area (Å²) in [6.45, 7) is 8.79. The van der Waals surface area contributed by atoms with Gasteiger partial charge in [0.15, 0.2) is 5.82 Å². The van der Waals surface area contributed by atoms with E-state index in [2.05, 4.69) is 67.3 Å². The highest BCUT2D eigenvalue weighted by Gasteiger charge is 2.12. The van der Waals surface area contributed by atoms with E-state index in [0.29, 0.717) is 4.77 Å². The van der Waals surface area contributed by atoms with E-state index in [4.69, 9.17) is 12.2 Å². The molecule has 22 heavy (non-hydrogen) atoms. The predicted octanol–water partition coefficient (Wildman–Crippen LogP) is 4.46. The fourth-order valence-electron chi connectivity index (χ4n) is 2.13. The Kier molecular flexibility index (Phi) is 5.29. The van der Waals surface area contributed by atoms with Crippen molar-refractivity contribution in [3.63, 3.8) is 0 Å². The molecule has 0 aliphatic heterocycles. The number of aromatic nitrogens is 3. The first-order chi connectivity index (χ1) is 10.4. The molecule has 0 spiro atoms. The Morgan fingerprint density at radius 1 is 1.27 bits per heavy atom. The van der Waals surface area contributed by atoms with Gasteiger partial charge in [0.2, 0.25) is 4.77 Å². The maximum absolute atomic E-state index is 5.24. The average Bonchev–Trinajstić information content (AvgIpc) is 2.83. The van der Waals surface area contributed by atoms with Gasteiger partial charge in [-0.15, -0.1) is 0 Å². The summed E-state index contributed by atoms with van der Waals surface area (Å²) in [5.74, 6) is 0.884. The third-order valence-corrected chi connectivity index (χ3v) is 3.83. The van der Waals surface area contributed by atoms with Gasteiger partial charge in [-0.2, -0.15) is 14.9 Å². The van der Waals surface area contributed by atoms with Gasteiger partial charge in [0.25, 0.3) is 0 Å². The van der Waals surface area contributed by atoms with E-state index in [1.807, 2.05) is 6.21 Å². The van der Waals surface area contributed by atoms with Crippen molar-refractivity contribution in [3.05, 3.63) is 46.0 Å². The molecule has 0 bridgehead atoms. The summed E-state index contributed by atoms with van der Waals surface area (Å²) in [7, 11) is 0. The van der Waals surface area contributed by atoms with Crippen LogP contribution in [-0.2, 0) is 11.8 Å². The third kappa shape index (κ3) is 4.13. The van der Waals surface area contributed by atoms with Crippen LogP contribution >= 0.6 is 12.2 Å². The van der Waals surface area contributed by atoms with Crippen molar-refractivity contribution in [1.82, 2.24) is 14.9 Å². The summed E-state index contributed by atoms with van der Waals surface area (Å²) in [6.07, 6.45) is 4.91. The number of rotatable bonds is 5. The van der Waals surface area contributed by atoms with Crippen molar-refractivity contribution in [2.24, 2.45) is 5.10 Å². The number of nitrogens with one attached hydrogen (secondary N) is 1. The zero-order valence-electron chi connectivity index (χ0n) is 13.8. The summed E-state index contributed by atoms with van der Waals surface area (Å²) >= 11 is 5.24. The molecule has 0 radical (unpaired) electrons. The van der Waals surface area contributed by atoms with Crippen LogP contribution in [0.5, 0.6) is 0 Å². The molecule has 2 aromatic rings. The molecule has 1 heterocycles. The third-order valence-electron chi connectivity index (χ3n) is 3.57. The van der Waals surface area contributed by atoms with Gasteiger partial charge < -0.3 is 0 Å². The van der Waals surface area contributed by atoms with E-state index in [9.17, 15) is 0 Å². The smallest absolute Gasteiger partial charge is 0.216 e. The standard InChI is InChI=1S/C17H24N4S/c1-5-6-7-15-19-20-16(22)21(15)18-12-13-8-10-14(11-9-13)17(2,3)4/h8-12H,5-7H2,1-4H3,(H,20,22). The second-order valence-corrected chi connectivity index (χ2v) is 6.86. The SMILES string of the molecule is CCCCc1n[nH]c(=S)n1N=Cc1ccc(C(C)(C)C)cc1. The van der Waals surface area contributed by atoms with Gasteiger partial charge in [-0.05, 0) is 35.2 Å². The fraction of sp³-hybridized carbons (Fsp3) is 0.471. The maximum Gasteiger partial charge on any atom is 0.216 e. The Labute approximate surface area is 137 Å². The van der Waals surface area contributed by atoms with Gasteiger partial charge in [0.05, 0.1) is 6.21 Å². The van der Waals surface area contributed by atoms with E-state index in [1.54, 1.807) is 4.68 Å². The lowest BCUT2D eigenvalue weighted by Crippen LogP contribution is -2.10. The van der Waals surface area contributed by atoms with E-state index >= 15 is 0 Å². The molecule has 4 nitrogen and oxygen atoms in total. The van der Waals surface area contributed by atoms with Crippen molar-refractivity contribution < 1.29 is 0 Å². The molecule has 0 unspecified atom stereocenters. The Morgan fingerprint density at radius 2 is 1.95 bits per heavy atom. The normalized spacial score (nSPS) is 12.2. The first kappa shape index (κ1) is 16.6. The largest absolute Gasteiger partial charge is 0.250 e. The minimum atomic E-state index is 0.163. The Bertz CT molecular complexity index is 687. The minimum absolute atomic E-state index is 0.163. The van der Waals surface area contributed by atoms with E-state index in [0.717, 1.165) is 30.7 Å². The first-order valence-electron chi connectivity index (χ1n) is 7.73. The van der Waals surface area contributed by atoms with Crippen molar-refractivity contribution in [2.45, 2.75) is 52.4 Å². The minimum Gasteiger partial charge on any atom is -0.250 e. The van der Waals surface area contributed by atoms with Crippen LogP contribution in [0.25, 0.3) is 0 Å². The number of hydrogen-bond donors (Lipinski definition) is 1. The molecule has 0 aliphatic rings. The molecule has 0 atom stereocenters. The van der Waals surface area contributed by atoms with E-state index < -0.39 is 0 Å². The highest BCUT2D eigenvalue weighted by molar-refractivity contribution is 7.71. The van der Waals surface area contributed by atoms with Crippen LogP contribution in [0.1, 0.15) is 57.5 Å². The van der Waals surface area contributed by atoms with Crippen molar-refractivity contribution in [3.8, 4) is 0 Å². The summed E-state index contributed by atoms with van der Waals surface area (Å²) in [5.41, 5.74) is 2.53. The van der Waals surface area contributed by atoms with Gasteiger partial charge in [-0.3, -0.25) is 5.10 Å². The van der Waals surface area contributed by atoms with Crippen LogP contribution in [0, 0.1) is 4.77 Å². The summed E-state index contributed by atoms with van der Waals surface area (Å²) in [6, 6.07) is 8.46. The number of aryl methyl sites for hydroxylation is 1. The van der Waals surface area contributed by atoms with Crippen LogP contribution < -0.4 is 0 Å². The molecule has 118 valence electrons. The van der Waals surface area contributed by atoms with Gasteiger partial charge in [-0.25, -0.2) is 0 Å². The fourth-order valence-corrected chi connectivity index (χ4v) is 2.33. The van der Waals surface area contributed by atoms with Crippen LogP contribution in [0.4, 0.5) is 0 Å². The molecule has 1 aromatic heterocycles. The van der Waals surface area contributed by atoms with Crippen molar-refractivity contribution >= 4 is 18.4 Å². The van der Waals surface area contributed by atoms with Gasteiger partial charge in [-0.1, -0.05) is 58.4 Å². The summed E-state index contributed by atoms with van der Waals surface area (Å²) in [5, 5.41) is 11.5. The number of H-pyrrole nitrogens is 1. The lowest BCUT2D eigenvalue weighted by molar-refractivity contribution is 0.590. The van der Waals surface area contributed by atoms with Crippen LogP contribution in [0.15, 0.2) is 29.4 Å². The predicted molar refractivity (Wildman–Crippen MR) is 94.2 cm³/mol. The second-order valence-electron chi connectivity index (χ2n) is 6.48. The Morgan fingerprint density at radius 3 is 2.55 bits per heavy atom. The maximum atomic E-state index is 5.24. The molecular weight excluding hydrogens is 292 g/mol. The molecule has 0 saturated heterocycles. The second kappa shape index (κ2) is 7.01. The van der Waals surface area contributed by atoms with Gasteiger partial charge in [0, 0.05) is 6.42 Å². The quantitative estimate of drug-likeness (QED) is 0.654. The molecule has 1 aromatic carbocycles. The molecule has 1 N–H and O–H groups in total. The number of nitrogens with zero attached hydrogens (tertiary/aromatic N) is 3. The number of benzene rings is 1. The molecule has 0 fully saturated rings. The molecule has 0 saturated carbocycles. The van der Waals surface area contributed by atoms with E-state index in [-0.39, 0.29) is 5.41 Å². The Hall–Kier alpha value is -1.75. The van der Waals surface area contributed by atoms with Gasteiger partial charge >= 0.3 is 0 Å². The zero-order valence-corrected chi connectivity index (χ0v) is 14.6. The highest BCUT2D eigenvalue weighted by atomic mass is 32.1. The molecule has 0 aliphatic carbocycles. The topological polar surface area (TPSA) is 46.0 Å². The van der Waals surface area contributed by atoms with Gasteiger partial charge in [0.1, 0.15) is 0 Å². The first-order valence-corrected chi connectivity index (χ1v) is 8.14. The zero-order chi connectivity index (χ0) is 16.2. The number of aromatic amines is 1. The lowest BCUT2D eigenvalue weighted by atomic mass is 9.87. The number of unbranched alkanes of at least 4 members (excludes halogenated alkanes) is 1. The lowest BCUT2D eigenvalue weighted by Gasteiger charge is -2.18. The number of hydrogen-bond acceptors (Lipinski definition) is 3. The van der Waals surface area contributed by atoms with Crippen LogP contribution in [-0.4, -0.2) is 21.1 Å². The Balaban J connectivity index is 2.18. The highest BCUT2D eigenvalue weighted by Crippen LogP contribution is 2.21. The molecule has 0 amide bonds.